The molecule has 206 valence electrons. The summed E-state index contributed by atoms with van der Waals surface area (Å²) in [4.78, 5) is 12.5. The molecule has 0 aliphatic carbocycles. The number of hydrogen-bond acceptors (Lipinski definition) is 6. The Morgan fingerprint density at radius 3 is 2.52 bits per heavy atom. The first-order valence-electron chi connectivity index (χ1n) is 13.0. The van der Waals surface area contributed by atoms with Crippen molar-refractivity contribution in [3.05, 3.63) is 106 Å². The van der Waals surface area contributed by atoms with Gasteiger partial charge >= 0.3 is 0 Å². The number of amides is 1. The molecule has 0 atom stereocenters. The number of aryl methyl sites for hydroxylation is 1. The van der Waals surface area contributed by atoms with E-state index in [0.717, 1.165) is 33.9 Å². The van der Waals surface area contributed by atoms with Crippen LogP contribution >= 0.6 is 23.4 Å². The first kappa shape index (κ1) is 29.1. The fourth-order valence-electron chi connectivity index (χ4n) is 3.99. The maximum absolute atomic E-state index is 12.5. The molecule has 1 amide bonds. The maximum atomic E-state index is 12.5. The number of nitrogens with zero attached hydrogens (tertiary/aromatic N) is 4. The molecule has 0 saturated carbocycles. The van der Waals surface area contributed by atoms with Gasteiger partial charge in [0.05, 0.1) is 18.5 Å². The topological polar surface area (TPSA) is 84.2 Å². The second kappa shape index (κ2) is 14.0. The molecule has 0 unspecified atom stereocenters. The molecular weight excluding hydrogens is 540 g/mol. The lowest BCUT2D eigenvalue weighted by Gasteiger charge is -2.12. The predicted molar refractivity (Wildman–Crippen MR) is 166 cm³/mol. The third kappa shape index (κ3) is 8.07. The number of rotatable bonds is 11. The Labute approximate surface area is 244 Å². The highest BCUT2D eigenvalue weighted by atomic mass is 35.5. The number of nitrogens with one attached hydrogen (secondary N) is 2. The molecule has 3 aromatic carbocycles. The molecule has 4 rings (SSSR count). The third-order valence-corrected chi connectivity index (χ3v) is 7.29. The Balaban J connectivity index is 1.38. The fraction of sp³-hybridized carbons (Fsp3) is 0.226. The number of carbonyl (C=O) groups excluding carboxylic acids is 1. The van der Waals surface area contributed by atoms with E-state index in [1.165, 1.54) is 17.3 Å². The van der Waals surface area contributed by atoms with Crippen molar-refractivity contribution in [3.63, 3.8) is 0 Å². The van der Waals surface area contributed by atoms with Crippen LogP contribution in [-0.2, 0) is 11.3 Å². The zero-order valence-corrected chi connectivity index (χ0v) is 24.6. The van der Waals surface area contributed by atoms with Crippen molar-refractivity contribution in [2.75, 3.05) is 11.1 Å². The normalized spacial score (nSPS) is 11.8. The summed E-state index contributed by atoms with van der Waals surface area (Å²) in [5, 5.41) is 17.6. The Morgan fingerprint density at radius 2 is 1.82 bits per heavy atom. The molecule has 1 aromatic heterocycles. The quantitative estimate of drug-likeness (QED) is 0.112. The van der Waals surface area contributed by atoms with E-state index in [2.05, 4.69) is 64.2 Å². The minimum absolute atomic E-state index is 0.144. The van der Waals surface area contributed by atoms with E-state index in [1.807, 2.05) is 73.0 Å². The molecule has 0 fully saturated rings. The molecule has 0 aliphatic rings. The van der Waals surface area contributed by atoms with E-state index in [9.17, 15) is 4.79 Å². The van der Waals surface area contributed by atoms with Crippen LogP contribution in [0, 0.1) is 6.92 Å². The smallest absolute Gasteiger partial charge is 0.250 e. The van der Waals surface area contributed by atoms with Gasteiger partial charge in [0.25, 0.3) is 5.91 Å². The molecule has 7 nitrogen and oxygen atoms in total. The number of para-hydroxylation sites is 1. The third-order valence-electron chi connectivity index (χ3n) is 6.13. The van der Waals surface area contributed by atoms with E-state index < -0.39 is 0 Å². The maximum Gasteiger partial charge on any atom is 0.250 e. The number of aromatic nitrogens is 3. The summed E-state index contributed by atoms with van der Waals surface area (Å²) in [5.74, 6) is 1.14. The molecule has 0 saturated heterocycles. The summed E-state index contributed by atoms with van der Waals surface area (Å²) in [6, 6.07) is 24.0. The van der Waals surface area contributed by atoms with E-state index in [1.54, 1.807) is 6.21 Å². The summed E-state index contributed by atoms with van der Waals surface area (Å²) in [7, 11) is 0. The molecule has 0 aliphatic heterocycles. The van der Waals surface area contributed by atoms with Gasteiger partial charge in [0.15, 0.2) is 11.0 Å². The number of anilines is 1. The van der Waals surface area contributed by atoms with E-state index in [-0.39, 0.29) is 11.7 Å². The van der Waals surface area contributed by atoms with Crippen LogP contribution in [-0.4, -0.2) is 32.6 Å². The van der Waals surface area contributed by atoms with Crippen molar-refractivity contribution < 1.29 is 4.79 Å². The van der Waals surface area contributed by atoms with Crippen LogP contribution < -0.4 is 10.7 Å². The first-order chi connectivity index (χ1) is 19.3. The van der Waals surface area contributed by atoms with E-state index >= 15 is 0 Å². The summed E-state index contributed by atoms with van der Waals surface area (Å²) in [6.07, 6.45) is 3.67. The highest BCUT2D eigenvalue weighted by Crippen LogP contribution is 2.24. The first-order valence-corrected chi connectivity index (χ1v) is 14.4. The van der Waals surface area contributed by atoms with Crippen molar-refractivity contribution in [1.29, 1.82) is 0 Å². The SMILES string of the molecule is CC(C=NNC(=O)CSc1nnc(CNc2ccc(Cl)cc2C)n1-c1ccccc1)=Cc1ccc(C(C)C)cc1. The Kier molecular flexibility index (Phi) is 10.2. The van der Waals surface area contributed by atoms with Gasteiger partial charge in [-0.05, 0) is 72.4 Å². The van der Waals surface area contributed by atoms with Gasteiger partial charge in [-0.2, -0.15) is 5.10 Å². The van der Waals surface area contributed by atoms with Gasteiger partial charge in [0, 0.05) is 16.4 Å². The Hall–Kier alpha value is -3.88. The number of hydrogen-bond donors (Lipinski definition) is 2. The monoisotopic (exact) mass is 572 g/mol. The van der Waals surface area contributed by atoms with Crippen LogP contribution in [0.25, 0.3) is 11.8 Å². The van der Waals surface area contributed by atoms with Gasteiger partial charge in [0.1, 0.15) is 0 Å². The molecule has 0 bridgehead atoms. The van der Waals surface area contributed by atoms with Gasteiger partial charge in [-0.15, -0.1) is 10.2 Å². The largest absolute Gasteiger partial charge is 0.378 e. The Bertz CT molecular complexity index is 1500. The summed E-state index contributed by atoms with van der Waals surface area (Å²) in [5.41, 5.74) is 8.86. The molecule has 0 radical (unpaired) electrons. The summed E-state index contributed by atoms with van der Waals surface area (Å²) >= 11 is 7.40. The molecule has 40 heavy (non-hydrogen) atoms. The van der Waals surface area contributed by atoms with Crippen LogP contribution in [0.2, 0.25) is 5.02 Å². The molecular formula is C31H33ClN6OS. The van der Waals surface area contributed by atoms with Gasteiger partial charge in [-0.3, -0.25) is 9.36 Å². The number of halogens is 1. The molecule has 2 N–H and O–H groups in total. The highest BCUT2D eigenvalue weighted by molar-refractivity contribution is 7.99. The number of benzene rings is 3. The number of allylic oxidation sites excluding steroid dienone is 1. The van der Waals surface area contributed by atoms with Gasteiger partial charge < -0.3 is 5.32 Å². The van der Waals surface area contributed by atoms with Gasteiger partial charge in [-0.1, -0.05) is 85.8 Å². The lowest BCUT2D eigenvalue weighted by Crippen LogP contribution is -2.20. The Morgan fingerprint density at radius 1 is 1.07 bits per heavy atom. The molecule has 0 spiro atoms. The standard InChI is InChI=1S/C31H33ClN6OS/c1-21(2)25-12-10-24(11-13-25)16-22(3)18-34-36-30(39)20-40-31-37-35-29(38(31)27-8-6-5-7-9-27)19-33-28-15-14-26(32)17-23(28)4/h5-18,21,33H,19-20H2,1-4H3,(H,36,39). The van der Waals surface area contributed by atoms with Gasteiger partial charge in [0.2, 0.25) is 0 Å². The summed E-state index contributed by atoms with van der Waals surface area (Å²) < 4.78 is 1.96. The van der Waals surface area contributed by atoms with Crippen molar-refractivity contribution in [2.24, 2.45) is 5.10 Å². The van der Waals surface area contributed by atoms with Crippen LogP contribution in [0.15, 0.2) is 88.6 Å². The van der Waals surface area contributed by atoms with Crippen molar-refractivity contribution in [1.82, 2.24) is 20.2 Å². The second-order valence-corrected chi connectivity index (χ2v) is 11.1. The number of carbonyl (C=O) groups is 1. The minimum Gasteiger partial charge on any atom is -0.378 e. The zero-order valence-electron chi connectivity index (χ0n) is 23.1. The number of hydrazone groups is 1. The highest BCUT2D eigenvalue weighted by Gasteiger charge is 2.16. The lowest BCUT2D eigenvalue weighted by molar-refractivity contribution is -0.118. The van der Waals surface area contributed by atoms with Crippen LogP contribution in [0.4, 0.5) is 5.69 Å². The molecule has 4 aromatic rings. The van der Waals surface area contributed by atoms with Crippen LogP contribution in [0.1, 0.15) is 49.2 Å². The molecule has 1 heterocycles. The van der Waals surface area contributed by atoms with Crippen molar-refractivity contribution in [2.45, 2.75) is 45.3 Å². The second-order valence-electron chi connectivity index (χ2n) is 9.67. The van der Waals surface area contributed by atoms with E-state index in [4.69, 9.17) is 11.6 Å². The van der Waals surface area contributed by atoms with Gasteiger partial charge in [-0.25, -0.2) is 5.43 Å². The predicted octanol–water partition coefficient (Wildman–Crippen LogP) is 7.26. The lowest BCUT2D eigenvalue weighted by atomic mass is 10.0. The summed E-state index contributed by atoms with van der Waals surface area (Å²) in [6.45, 7) is 8.75. The number of thioether (sulfide) groups is 1. The average Bonchev–Trinajstić information content (AvgIpc) is 3.35. The van der Waals surface area contributed by atoms with Crippen molar-refractivity contribution >= 4 is 47.2 Å². The zero-order chi connectivity index (χ0) is 28.5. The molecule has 9 heteroatoms. The van der Waals surface area contributed by atoms with Crippen molar-refractivity contribution in [3.8, 4) is 5.69 Å². The minimum atomic E-state index is -0.227. The average molecular weight is 573 g/mol. The van der Waals surface area contributed by atoms with E-state index in [0.29, 0.717) is 22.6 Å². The fourth-order valence-corrected chi connectivity index (χ4v) is 4.98. The van der Waals surface area contributed by atoms with Crippen LogP contribution in [0.3, 0.4) is 0 Å². The van der Waals surface area contributed by atoms with Crippen LogP contribution in [0.5, 0.6) is 0 Å².